The number of hydrogen-bond donors (Lipinski definition) is 1. The minimum atomic E-state index is -0.306. The number of carbonyl (C=O) groups excluding carboxylic acids is 1. The van der Waals surface area contributed by atoms with Crippen molar-refractivity contribution in [3.63, 3.8) is 0 Å². The van der Waals surface area contributed by atoms with E-state index in [2.05, 4.69) is 5.32 Å². The van der Waals surface area contributed by atoms with Crippen molar-refractivity contribution in [3.8, 4) is 0 Å². The lowest BCUT2D eigenvalue weighted by Gasteiger charge is -2.10. The Morgan fingerprint density at radius 2 is 1.81 bits per heavy atom. The molecular weight excluding hydrogens is 285 g/mol. The topological polar surface area (TPSA) is 29.1 Å². The van der Waals surface area contributed by atoms with Crippen molar-refractivity contribution < 1.29 is 9.18 Å². The van der Waals surface area contributed by atoms with Gasteiger partial charge in [-0.25, -0.2) is 4.39 Å². The maximum atomic E-state index is 13.7. The standard InChI is InChI=1S/C17H18FNOS/c1-10-5-6-13(8-16(10)21-4)17(20)19-14-7-11(2)12(3)15(18)9-14/h5-9H,1-4H3,(H,19,20). The number of benzene rings is 2. The van der Waals surface area contributed by atoms with Crippen molar-refractivity contribution in [3.05, 3.63) is 58.4 Å². The summed E-state index contributed by atoms with van der Waals surface area (Å²) < 4.78 is 13.7. The monoisotopic (exact) mass is 303 g/mol. The Kier molecular flexibility index (Phi) is 4.68. The third-order valence-electron chi connectivity index (χ3n) is 3.53. The Bertz CT molecular complexity index is 674. The van der Waals surface area contributed by atoms with Crippen LogP contribution in [0.15, 0.2) is 35.2 Å². The van der Waals surface area contributed by atoms with Crippen molar-refractivity contribution in [2.45, 2.75) is 25.7 Å². The van der Waals surface area contributed by atoms with Gasteiger partial charge in [0.2, 0.25) is 0 Å². The lowest BCUT2D eigenvalue weighted by atomic mass is 10.1. The minimum Gasteiger partial charge on any atom is -0.322 e. The van der Waals surface area contributed by atoms with Crippen LogP contribution in [0.25, 0.3) is 0 Å². The second-order valence-corrected chi connectivity index (χ2v) is 5.89. The van der Waals surface area contributed by atoms with E-state index in [-0.39, 0.29) is 11.7 Å². The summed E-state index contributed by atoms with van der Waals surface area (Å²) in [5.41, 5.74) is 3.61. The van der Waals surface area contributed by atoms with Gasteiger partial charge in [-0.2, -0.15) is 0 Å². The van der Waals surface area contributed by atoms with Crippen molar-refractivity contribution >= 4 is 23.4 Å². The predicted octanol–water partition coefficient (Wildman–Crippen LogP) is 4.73. The molecule has 0 heterocycles. The quantitative estimate of drug-likeness (QED) is 0.831. The second-order valence-electron chi connectivity index (χ2n) is 5.04. The Morgan fingerprint density at radius 3 is 2.43 bits per heavy atom. The molecule has 0 bridgehead atoms. The van der Waals surface area contributed by atoms with Gasteiger partial charge in [0.25, 0.3) is 5.91 Å². The summed E-state index contributed by atoms with van der Waals surface area (Å²) in [6.45, 7) is 5.55. The molecule has 2 rings (SSSR count). The lowest BCUT2D eigenvalue weighted by molar-refractivity contribution is 0.102. The average Bonchev–Trinajstić information content (AvgIpc) is 2.45. The van der Waals surface area contributed by atoms with E-state index < -0.39 is 0 Å². The number of anilines is 1. The number of carbonyl (C=O) groups is 1. The van der Waals surface area contributed by atoms with Gasteiger partial charge >= 0.3 is 0 Å². The molecule has 0 spiro atoms. The first-order valence-electron chi connectivity index (χ1n) is 6.65. The van der Waals surface area contributed by atoms with Crippen LogP contribution in [0.1, 0.15) is 27.0 Å². The van der Waals surface area contributed by atoms with Crippen LogP contribution < -0.4 is 5.32 Å². The summed E-state index contributed by atoms with van der Waals surface area (Å²) in [4.78, 5) is 13.3. The predicted molar refractivity (Wildman–Crippen MR) is 86.8 cm³/mol. The molecule has 0 radical (unpaired) electrons. The van der Waals surface area contributed by atoms with Crippen LogP contribution >= 0.6 is 11.8 Å². The Labute approximate surface area is 128 Å². The molecule has 2 aromatic carbocycles. The number of rotatable bonds is 3. The molecule has 110 valence electrons. The average molecular weight is 303 g/mol. The number of thioether (sulfide) groups is 1. The summed E-state index contributed by atoms with van der Waals surface area (Å²) >= 11 is 1.60. The smallest absolute Gasteiger partial charge is 0.255 e. The third-order valence-corrected chi connectivity index (χ3v) is 4.41. The number of nitrogens with one attached hydrogen (secondary N) is 1. The third kappa shape index (κ3) is 3.45. The Morgan fingerprint density at radius 1 is 1.10 bits per heavy atom. The van der Waals surface area contributed by atoms with Crippen LogP contribution in [0.4, 0.5) is 10.1 Å². The van der Waals surface area contributed by atoms with E-state index in [9.17, 15) is 9.18 Å². The molecular formula is C17H18FNOS. The Balaban J connectivity index is 2.26. The van der Waals surface area contributed by atoms with E-state index in [1.165, 1.54) is 6.07 Å². The molecule has 0 saturated heterocycles. The molecule has 0 atom stereocenters. The van der Waals surface area contributed by atoms with Crippen molar-refractivity contribution in [1.29, 1.82) is 0 Å². The molecule has 0 saturated carbocycles. The SMILES string of the molecule is CSc1cc(C(=O)Nc2cc(C)c(C)c(F)c2)ccc1C. The van der Waals surface area contributed by atoms with Crippen molar-refractivity contribution in [2.24, 2.45) is 0 Å². The largest absolute Gasteiger partial charge is 0.322 e. The number of halogens is 1. The second kappa shape index (κ2) is 6.31. The molecule has 2 nitrogen and oxygen atoms in total. The van der Waals surface area contributed by atoms with Gasteiger partial charge in [0, 0.05) is 16.1 Å². The first kappa shape index (κ1) is 15.6. The first-order valence-corrected chi connectivity index (χ1v) is 7.87. The lowest BCUT2D eigenvalue weighted by Crippen LogP contribution is -2.12. The number of hydrogen-bond acceptors (Lipinski definition) is 2. The summed E-state index contributed by atoms with van der Waals surface area (Å²) in [7, 11) is 0. The molecule has 1 amide bonds. The van der Waals surface area contributed by atoms with Gasteiger partial charge in [-0.15, -0.1) is 11.8 Å². The van der Waals surface area contributed by atoms with E-state index in [1.807, 2.05) is 32.2 Å². The zero-order valence-electron chi connectivity index (χ0n) is 12.6. The van der Waals surface area contributed by atoms with Gasteiger partial charge in [0.15, 0.2) is 0 Å². The fourth-order valence-electron chi connectivity index (χ4n) is 2.05. The van der Waals surface area contributed by atoms with Crippen LogP contribution in [0, 0.1) is 26.6 Å². The van der Waals surface area contributed by atoms with E-state index in [0.29, 0.717) is 16.8 Å². The first-order chi connectivity index (χ1) is 9.92. The maximum absolute atomic E-state index is 13.7. The number of amides is 1. The molecule has 0 aliphatic heterocycles. The molecule has 1 N–H and O–H groups in total. The highest BCUT2D eigenvalue weighted by atomic mass is 32.2. The van der Waals surface area contributed by atoms with E-state index >= 15 is 0 Å². The van der Waals surface area contributed by atoms with Crippen LogP contribution in [-0.2, 0) is 0 Å². The zero-order chi connectivity index (χ0) is 15.6. The maximum Gasteiger partial charge on any atom is 0.255 e. The van der Waals surface area contributed by atoms with Gasteiger partial charge in [0.1, 0.15) is 5.82 Å². The summed E-state index contributed by atoms with van der Waals surface area (Å²) in [6.07, 6.45) is 1.97. The molecule has 0 aromatic heterocycles. The van der Waals surface area contributed by atoms with E-state index in [4.69, 9.17) is 0 Å². The van der Waals surface area contributed by atoms with Crippen LogP contribution in [-0.4, -0.2) is 12.2 Å². The van der Waals surface area contributed by atoms with Gasteiger partial charge in [-0.05, 0) is 68.0 Å². The fraction of sp³-hybridized carbons (Fsp3) is 0.235. The van der Waals surface area contributed by atoms with Crippen LogP contribution in [0.3, 0.4) is 0 Å². The molecule has 0 fully saturated rings. The highest BCUT2D eigenvalue weighted by molar-refractivity contribution is 7.98. The van der Waals surface area contributed by atoms with E-state index in [1.54, 1.807) is 30.8 Å². The van der Waals surface area contributed by atoms with Crippen LogP contribution in [0.2, 0.25) is 0 Å². The highest BCUT2D eigenvalue weighted by Gasteiger charge is 2.10. The Hall–Kier alpha value is -1.81. The van der Waals surface area contributed by atoms with Gasteiger partial charge in [-0.1, -0.05) is 6.07 Å². The molecule has 2 aromatic rings. The molecule has 0 aliphatic carbocycles. The summed E-state index contributed by atoms with van der Waals surface area (Å²) in [5, 5.41) is 2.75. The molecule has 0 unspecified atom stereocenters. The normalized spacial score (nSPS) is 10.5. The van der Waals surface area contributed by atoms with Gasteiger partial charge < -0.3 is 5.32 Å². The van der Waals surface area contributed by atoms with Gasteiger partial charge in [0.05, 0.1) is 0 Å². The highest BCUT2D eigenvalue weighted by Crippen LogP contribution is 2.23. The van der Waals surface area contributed by atoms with Crippen molar-refractivity contribution in [1.82, 2.24) is 0 Å². The molecule has 0 aliphatic rings. The summed E-state index contributed by atoms with van der Waals surface area (Å²) in [5.74, 6) is -0.535. The van der Waals surface area contributed by atoms with Gasteiger partial charge in [-0.3, -0.25) is 4.79 Å². The van der Waals surface area contributed by atoms with E-state index in [0.717, 1.165) is 16.0 Å². The number of aryl methyl sites for hydroxylation is 2. The van der Waals surface area contributed by atoms with Crippen LogP contribution in [0.5, 0.6) is 0 Å². The zero-order valence-corrected chi connectivity index (χ0v) is 13.4. The minimum absolute atomic E-state index is 0.229. The molecule has 4 heteroatoms. The van der Waals surface area contributed by atoms with Crippen molar-refractivity contribution in [2.75, 3.05) is 11.6 Å². The molecule has 21 heavy (non-hydrogen) atoms. The fourth-order valence-corrected chi connectivity index (χ4v) is 2.69. The summed E-state index contributed by atoms with van der Waals surface area (Å²) in [6, 6.07) is 8.68.